The van der Waals surface area contributed by atoms with Gasteiger partial charge < -0.3 is 10.6 Å². The topological polar surface area (TPSA) is 45.4 Å². The molecule has 2 unspecified atom stereocenters. The highest BCUT2D eigenvalue weighted by atomic mass is 15.3. The molecule has 0 bridgehead atoms. The standard InChI is InChI=1S/C17H30N4/c1-4-15(18)11-14-7-8-17(19-12-14)21-10-9-16(13-21)20(5-2)6-3/h7-8,12,15-16H,4-6,9-11,13,18H2,1-3H3. The van der Waals surface area contributed by atoms with Gasteiger partial charge in [-0.2, -0.15) is 0 Å². The summed E-state index contributed by atoms with van der Waals surface area (Å²) in [4.78, 5) is 9.60. The molecule has 2 N–H and O–H groups in total. The second-order valence-electron chi connectivity index (χ2n) is 6.01. The predicted octanol–water partition coefficient (Wildman–Crippen LogP) is 2.28. The molecule has 1 aromatic heterocycles. The van der Waals surface area contributed by atoms with Crippen LogP contribution in [0.25, 0.3) is 0 Å². The maximum Gasteiger partial charge on any atom is 0.128 e. The van der Waals surface area contributed by atoms with Crippen LogP contribution in [0.1, 0.15) is 39.2 Å². The first-order chi connectivity index (χ1) is 10.2. The van der Waals surface area contributed by atoms with Gasteiger partial charge in [-0.05, 0) is 44.0 Å². The van der Waals surface area contributed by atoms with Gasteiger partial charge in [0.05, 0.1) is 0 Å². The molecule has 0 aliphatic carbocycles. The Balaban J connectivity index is 1.94. The molecule has 2 rings (SSSR count). The van der Waals surface area contributed by atoms with Crippen LogP contribution in [0.5, 0.6) is 0 Å². The first-order valence-corrected chi connectivity index (χ1v) is 8.37. The third-order valence-corrected chi connectivity index (χ3v) is 4.65. The van der Waals surface area contributed by atoms with Crippen LogP contribution in [0.3, 0.4) is 0 Å². The van der Waals surface area contributed by atoms with E-state index in [9.17, 15) is 0 Å². The summed E-state index contributed by atoms with van der Waals surface area (Å²) in [6.45, 7) is 11.1. The average Bonchev–Trinajstić information content (AvgIpc) is 2.99. The number of nitrogens with zero attached hydrogens (tertiary/aromatic N) is 3. The van der Waals surface area contributed by atoms with Gasteiger partial charge in [-0.1, -0.05) is 26.8 Å². The Labute approximate surface area is 129 Å². The van der Waals surface area contributed by atoms with Crippen LogP contribution >= 0.6 is 0 Å². The lowest BCUT2D eigenvalue weighted by Gasteiger charge is -2.26. The van der Waals surface area contributed by atoms with Crippen LogP contribution in [-0.4, -0.2) is 48.1 Å². The van der Waals surface area contributed by atoms with Crippen LogP contribution in [-0.2, 0) is 6.42 Å². The van der Waals surface area contributed by atoms with E-state index in [1.165, 1.54) is 12.0 Å². The summed E-state index contributed by atoms with van der Waals surface area (Å²) < 4.78 is 0. The molecule has 21 heavy (non-hydrogen) atoms. The van der Waals surface area contributed by atoms with Crippen molar-refractivity contribution in [2.45, 2.75) is 52.1 Å². The Kier molecular flexibility index (Phi) is 6.00. The zero-order chi connectivity index (χ0) is 15.2. The molecule has 1 aromatic rings. The first kappa shape index (κ1) is 16.2. The van der Waals surface area contributed by atoms with E-state index in [1.54, 1.807) is 0 Å². The lowest BCUT2D eigenvalue weighted by atomic mass is 10.1. The summed E-state index contributed by atoms with van der Waals surface area (Å²) in [5.41, 5.74) is 7.25. The van der Waals surface area contributed by atoms with E-state index in [4.69, 9.17) is 5.73 Å². The van der Waals surface area contributed by atoms with Crippen molar-refractivity contribution in [3.8, 4) is 0 Å². The largest absolute Gasteiger partial charge is 0.355 e. The minimum absolute atomic E-state index is 0.247. The van der Waals surface area contributed by atoms with Gasteiger partial charge in [0.15, 0.2) is 0 Å². The molecule has 1 fully saturated rings. The molecule has 2 atom stereocenters. The second-order valence-corrected chi connectivity index (χ2v) is 6.01. The van der Waals surface area contributed by atoms with E-state index < -0.39 is 0 Å². The molecule has 118 valence electrons. The number of hydrogen-bond donors (Lipinski definition) is 1. The van der Waals surface area contributed by atoms with E-state index in [2.05, 4.69) is 47.7 Å². The molecule has 0 amide bonds. The van der Waals surface area contributed by atoms with Crippen molar-refractivity contribution in [2.24, 2.45) is 5.73 Å². The summed E-state index contributed by atoms with van der Waals surface area (Å²) in [7, 11) is 0. The Morgan fingerprint density at radius 3 is 2.67 bits per heavy atom. The Bertz CT molecular complexity index is 413. The molecule has 0 spiro atoms. The zero-order valence-corrected chi connectivity index (χ0v) is 13.8. The highest BCUT2D eigenvalue weighted by molar-refractivity contribution is 5.41. The summed E-state index contributed by atoms with van der Waals surface area (Å²) in [6, 6.07) is 5.26. The molecule has 0 saturated carbocycles. The van der Waals surface area contributed by atoms with Gasteiger partial charge in [0.2, 0.25) is 0 Å². The molecule has 4 nitrogen and oxygen atoms in total. The van der Waals surface area contributed by atoms with Crippen LogP contribution < -0.4 is 10.6 Å². The van der Waals surface area contributed by atoms with Gasteiger partial charge in [-0.3, -0.25) is 4.90 Å². The van der Waals surface area contributed by atoms with Crippen LogP contribution in [0.4, 0.5) is 5.82 Å². The van der Waals surface area contributed by atoms with Gasteiger partial charge in [0.25, 0.3) is 0 Å². The molecule has 1 aliphatic heterocycles. The van der Waals surface area contributed by atoms with Crippen molar-refractivity contribution in [3.63, 3.8) is 0 Å². The van der Waals surface area contributed by atoms with Crippen LogP contribution in [0.2, 0.25) is 0 Å². The van der Waals surface area contributed by atoms with Gasteiger partial charge in [0.1, 0.15) is 5.82 Å². The lowest BCUT2D eigenvalue weighted by Crippen LogP contribution is -2.37. The third-order valence-electron chi connectivity index (χ3n) is 4.65. The van der Waals surface area contributed by atoms with E-state index >= 15 is 0 Å². The van der Waals surface area contributed by atoms with E-state index in [-0.39, 0.29) is 6.04 Å². The molecular weight excluding hydrogens is 260 g/mol. The maximum absolute atomic E-state index is 6.00. The van der Waals surface area contributed by atoms with Crippen molar-refractivity contribution in [2.75, 3.05) is 31.1 Å². The minimum Gasteiger partial charge on any atom is -0.355 e. The van der Waals surface area contributed by atoms with Crippen molar-refractivity contribution in [1.29, 1.82) is 0 Å². The number of aromatic nitrogens is 1. The van der Waals surface area contributed by atoms with Gasteiger partial charge in [0, 0.05) is 31.4 Å². The number of hydrogen-bond acceptors (Lipinski definition) is 4. The zero-order valence-electron chi connectivity index (χ0n) is 13.8. The summed E-state index contributed by atoms with van der Waals surface area (Å²) in [5, 5.41) is 0. The SMILES string of the molecule is CCC(N)Cc1ccc(N2CCC(N(CC)CC)C2)nc1. The minimum atomic E-state index is 0.247. The molecule has 1 aliphatic rings. The van der Waals surface area contributed by atoms with Crippen LogP contribution in [0.15, 0.2) is 18.3 Å². The number of anilines is 1. The van der Waals surface area contributed by atoms with Crippen molar-refractivity contribution in [1.82, 2.24) is 9.88 Å². The maximum atomic E-state index is 6.00. The highest BCUT2D eigenvalue weighted by Gasteiger charge is 2.26. The number of rotatable bonds is 7. The first-order valence-electron chi connectivity index (χ1n) is 8.37. The normalized spacial score (nSPS) is 20.2. The highest BCUT2D eigenvalue weighted by Crippen LogP contribution is 2.21. The smallest absolute Gasteiger partial charge is 0.128 e. The number of likely N-dealkylation sites (N-methyl/N-ethyl adjacent to an activating group) is 1. The lowest BCUT2D eigenvalue weighted by molar-refractivity contribution is 0.232. The average molecular weight is 290 g/mol. The van der Waals surface area contributed by atoms with Crippen molar-refractivity contribution >= 4 is 5.82 Å². The molecule has 2 heterocycles. The van der Waals surface area contributed by atoms with E-state index in [1.807, 2.05) is 6.20 Å². The molecular formula is C17H30N4. The van der Waals surface area contributed by atoms with Gasteiger partial charge in [-0.25, -0.2) is 4.98 Å². The molecule has 4 heteroatoms. The molecule has 0 radical (unpaired) electrons. The summed E-state index contributed by atoms with van der Waals surface area (Å²) in [6.07, 6.45) is 5.17. The summed E-state index contributed by atoms with van der Waals surface area (Å²) >= 11 is 0. The fourth-order valence-corrected chi connectivity index (χ4v) is 3.16. The van der Waals surface area contributed by atoms with Gasteiger partial charge in [-0.15, -0.1) is 0 Å². The Hall–Kier alpha value is -1.13. The van der Waals surface area contributed by atoms with Crippen molar-refractivity contribution in [3.05, 3.63) is 23.9 Å². The second kappa shape index (κ2) is 7.76. The number of pyridine rings is 1. The summed E-state index contributed by atoms with van der Waals surface area (Å²) in [5.74, 6) is 1.11. The molecule has 1 saturated heterocycles. The quantitative estimate of drug-likeness (QED) is 0.837. The van der Waals surface area contributed by atoms with Crippen molar-refractivity contribution < 1.29 is 0 Å². The third kappa shape index (κ3) is 4.17. The monoisotopic (exact) mass is 290 g/mol. The number of nitrogens with two attached hydrogens (primary N) is 1. The van der Waals surface area contributed by atoms with E-state index in [0.29, 0.717) is 6.04 Å². The fraction of sp³-hybridized carbons (Fsp3) is 0.706. The Morgan fingerprint density at radius 2 is 2.10 bits per heavy atom. The van der Waals surface area contributed by atoms with E-state index in [0.717, 1.165) is 44.8 Å². The predicted molar refractivity (Wildman–Crippen MR) is 89.7 cm³/mol. The fourth-order valence-electron chi connectivity index (χ4n) is 3.16. The Morgan fingerprint density at radius 1 is 1.33 bits per heavy atom. The van der Waals surface area contributed by atoms with Gasteiger partial charge >= 0.3 is 0 Å². The van der Waals surface area contributed by atoms with Crippen LogP contribution in [0, 0.1) is 0 Å². The molecule has 0 aromatic carbocycles.